The van der Waals surface area contributed by atoms with Crippen LogP contribution in [0.3, 0.4) is 0 Å². The maximum Gasteiger partial charge on any atom is 0.328 e. The molecule has 7 heteroatoms. The summed E-state index contributed by atoms with van der Waals surface area (Å²) in [6.45, 7) is 0.376. The van der Waals surface area contributed by atoms with Crippen LogP contribution in [0.15, 0.2) is 12.3 Å². The van der Waals surface area contributed by atoms with Crippen LogP contribution in [0, 0.1) is 5.92 Å². The fourth-order valence-corrected chi connectivity index (χ4v) is 1.42. The second-order valence-corrected chi connectivity index (χ2v) is 4.35. The minimum atomic E-state index is -0.514. The van der Waals surface area contributed by atoms with Gasteiger partial charge in [-0.3, -0.25) is 14.3 Å². The number of rotatable bonds is 6. The summed E-state index contributed by atoms with van der Waals surface area (Å²) in [5, 5.41) is 6.55. The van der Waals surface area contributed by atoms with E-state index in [1.807, 2.05) is 0 Å². The van der Waals surface area contributed by atoms with Crippen molar-refractivity contribution in [2.75, 3.05) is 18.9 Å². The molecule has 1 saturated carbocycles. The summed E-state index contributed by atoms with van der Waals surface area (Å²) in [7, 11) is 0. The Hall–Kier alpha value is -2.05. The van der Waals surface area contributed by atoms with Crippen molar-refractivity contribution in [3.63, 3.8) is 0 Å². The molecule has 0 aliphatic heterocycles. The number of anilines is 1. The first-order chi connectivity index (χ1) is 8.63. The smallest absolute Gasteiger partial charge is 0.328 e. The van der Waals surface area contributed by atoms with E-state index in [0.29, 0.717) is 18.3 Å². The first-order valence-electron chi connectivity index (χ1n) is 5.85. The van der Waals surface area contributed by atoms with E-state index in [9.17, 15) is 9.59 Å². The van der Waals surface area contributed by atoms with Crippen LogP contribution in [0.25, 0.3) is 0 Å². The topological polar surface area (TPSA) is 99.2 Å². The van der Waals surface area contributed by atoms with Crippen LogP contribution in [0.1, 0.15) is 12.8 Å². The summed E-state index contributed by atoms with van der Waals surface area (Å²) >= 11 is 0. The summed E-state index contributed by atoms with van der Waals surface area (Å²) in [4.78, 5) is 22.7. The Morgan fingerprint density at radius 2 is 2.33 bits per heavy atom. The summed E-state index contributed by atoms with van der Waals surface area (Å²) in [5.74, 6) is 0.163. The molecule has 0 saturated heterocycles. The average molecular weight is 252 g/mol. The van der Waals surface area contributed by atoms with Gasteiger partial charge in [0, 0.05) is 12.7 Å². The van der Waals surface area contributed by atoms with Gasteiger partial charge in [-0.15, -0.1) is 0 Å². The molecule has 1 aromatic rings. The molecule has 0 bridgehead atoms. The molecular formula is C11H16N4O3. The number of nitrogen functional groups attached to an aromatic ring is 1. The van der Waals surface area contributed by atoms with Crippen molar-refractivity contribution in [2.45, 2.75) is 19.4 Å². The van der Waals surface area contributed by atoms with Crippen LogP contribution >= 0.6 is 0 Å². The number of esters is 1. The lowest BCUT2D eigenvalue weighted by molar-refractivity contribution is -0.149. The summed E-state index contributed by atoms with van der Waals surface area (Å²) in [6, 6.07) is 1.58. The van der Waals surface area contributed by atoms with E-state index in [1.54, 1.807) is 12.3 Å². The van der Waals surface area contributed by atoms with Gasteiger partial charge in [0.1, 0.15) is 12.4 Å². The predicted octanol–water partition coefficient (Wildman–Crippen LogP) is -0.465. The molecule has 98 valence electrons. The van der Waals surface area contributed by atoms with Gasteiger partial charge in [0.25, 0.3) is 5.91 Å². The highest BCUT2D eigenvalue weighted by atomic mass is 16.5. The van der Waals surface area contributed by atoms with Gasteiger partial charge >= 0.3 is 5.97 Å². The van der Waals surface area contributed by atoms with E-state index in [0.717, 1.165) is 0 Å². The van der Waals surface area contributed by atoms with Gasteiger partial charge in [-0.1, -0.05) is 0 Å². The maximum atomic E-state index is 11.4. The van der Waals surface area contributed by atoms with Crippen molar-refractivity contribution in [3.05, 3.63) is 12.3 Å². The van der Waals surface area contributed by atoms with Gasteiger partial charge in [0.2, 0.25) is 0 Å². The number of hydrogen-bond donors (Lipinski definition) is 2. The number of nitrogens with one attached hydrogen (secondary N) is 1. The zero-order valence-corrected chi connectivity index (χ0v) is 9.96. The Morgan fingerprint density at radius 1 is 1.56 bits per heavy atom. The van der Waals surface area contributed by atoms with Crippen molar-refractivity contribution < 1.29 is 14.3 Å². The third-order valence-electron chi connectivity index (χ3n) is 2.60. The Bertz CT molecular complexity index is 439. The second kappa shape index (κ2) is 5.52. The molecule has 0 atom stereocenters. The first-order valence-corrected chi connectivity index (χ1v) is 5.85. The Labute approximate surface area is 104 Å². The molecule has 1 fully saturated rings. The molecule has 1 aliphatic carbocycles. The monoisotopic (exact) mass is 252 g/mol. The molecule has 0 unspecified atom stereocenters. The lowest BCUT2D eigenvalue weighted by atomic mass is 10.4. The molecule has 7 nitrogen and oxygen atoms in total. The Kier molecular flexibility index (Phi) is 3.81. The Balaban J connectivity index is 1.62. The molecule has 1 amide bonds. The lowest BCUT2D eigenvalue weighted by Crippen LogP contribution is -2.31. The normalized spacial score (nSPS) is 14.2. The van der Waals surface area contributed by atoms with Gasteiger partial charge < -0.3 is 15.8 Å². The van der Waals surface area contributed by atoms with E-state index >= 15 is 0 Å². The number of carbonyl (C=O) groups excluding carboxylic acids is 2. The summed E-state index contributed by atoms with van der Waals surface area (Å²) in [5.41, 5.74) is 5.40. The minimum absolute atomic E-state index is 0.0485. The fraction of sp³-hybridized carbons (Fsp3) is 0.545. The lowest BCUT2D eigenvalue weighted by Gasteiger charge is -2.05. The number of ether oxygens (including phenoxy) is 1. The van der Waals surface area contributed by atoms with Crippen molar-refractivity contribution in [1.82, 2.24) is 15.1 Å². The molecule has 0 radical (unpaired) electrons. The molecule has 2 rings (SSSR count). The van der Waals surface area contributed by atoms with Gasteiger partial charge in [0.15, 0.2) is 6.61 Å². The Morgan fingerprint density at radius 3 is 2.94 bits per heavy atom. The van der Waals surface area contributed by atoms with Crippen molar-refractivity contribution in [3.8, 4) is 0 Å². The van der Waals surface area contributed by atoms with Crippen LogP contribution < -0.4 is 11.1 Å². The van der Waals surface area contributed by atoms with Crippen LogP contribution in [0.5, 0.6) is 0 Å². The van der Waals surface area contributed by atoms with Crippen LogP contribution in [-0.4, -0.2) is 34.8 Å². The SMILES string of the molecule is Nc1ccn(CC(=O)OCC(=O)NCC2CC2)n1. The number of nitrogens with two attached hydrogens (primary N) is 1. The van der Waals surface area contributed by atoms with Crippen LogP contribution in [0.2, 0.25) is 0 Å². The quantitative estimate of drug-likeness (QED) is 0.667. The highest BCUT2D eigenvalue weighted by Gasteiger charge is 2.21. The van der Waals surface area contributed by atoms with Crippen molar-refractivity contribution in [1.29, 1.82) is 0 Å². The zero-order chi connectivity index (χ0) is 13.0. The molecule has 1 aliphatic rings. The van der Waals surface area contributed by atoms with E-state index in [-0.39, 0.29) is 19.1 Å². The highest BCUT2D eigenvalue weighted by molar-refractivity contribution is 5.80. The van der Waals surface area contributed by atoms with Gasteiger partial charge in [-0.2, -0.15) is 5.10 Å². The number of hydrogen-bond acceptors (Lipinski definition) is 5. The largest absolute Gasteiger partial charge is 0.454 e. The number of aromatic nitrogens is 2. The third kappa shape index (κ3) is 4.08. The van der Waals surface area contributed by atoms with E-state index < -0.39 is 5.97 Å². The van der Waals surface area contributed by atoms with E-state index in [1.165, 1.54) is 17.5 Å². The highest BCUT2D eigenvalue weighted by Crippen LogP contribution is 2.27. The molecule has 18 heavy (non-hydrogen) atoms. The minimum Gasteiger partial charge on any atom is -0.454 e. The first kappa shape index (κ1) is 12.4. The summed E-state index contributed by atoms with van der Waals surface area (Å²) in [6.07, 6.45) is 3.91. The molecule has 0 spiro atoms. The van der Waals surface area contributed by atoms with Crippen molar-refractivity contribution >= 4 is 17.7 Å². The number of carbonyl (C=O) groups is 2. The number of nitrogens with zero attached hydrogens (tertiary/aromatic N) is 2. The van der Waals surface area contributed by atoms with E-state index in [4.69, 9.17) is 10.5 Å². The average Bonchev–Trinajstić information content (AvgIpc) is 3.08. The molecule has 3 N–H and O–H groups in total. The standard InChI is InChI=1S/C11H16N4O3/c12-9-3-4-15(14-9)6-11(17)18-7-10(16)13-5-8-1-2-8/h3-4,8H,1-2,5-7H2,(H2,12,14)(H,13,16). The number of amides is 1. The molecule has 1 aromatic heterocycles. The summed E-state index contributed by atoms with van der Waals surface area (Å²) < 4.78 is 6.18. The predicted molar refractivity (Wildman–Crippen MR) is 63.3 cm³/mol. The van der Waals surface area contributed by atoms with Crippen molar-refractivity contribution in [2.24, 2.45) is 5.92 Å². The van der Waals surface area contributed by atoms with Gasteiger partial charge in [0.05, 0.1) is 0 Å². The maximum absolute atomic E-state index is 11.4. The van der Waals surface area contributed by atoms with Crippen LogP contribution in [0.4, 0.5) is 5.82 Å². The van der Waals surface area contributed by atoms with E-state index in [2.05, 4.69) is 10.4 Å². The fourth-order valence-electron chi connectivity index (χ4n) is 1.42. The van der Waals surface area contributed by atoms with Crippen LogP contribution in [-0.2, 0) is 20.9 Å². The zero-order valence-electron chi connectivity index (χ0n) is 9.96. The second-order valence-electron chi connectivity index (χ2n) is 4.35. The molecule has 0 aromatic carbocycles. The third-order valence-corrected chi connectivity index (χ3v) is 2.60. The molecular weight excluding hydrogens is 236 g/mol. The van der Waals surface area contributed by atoms with Gasteiger partial charge in [-0.25, -0.2) is 0 Å². The molecule has 1 heterocycles. The van der Waals surface area contributed by atoms with Gasteiger partial charge in [-0.05, 0) is 24.8 Å².